The third kappa shape index (κ3) is 11.4. The summed E-state index contributed by atoms with van der Waals surface area (Å²) in [5, 5.41) is 0. The number of carbonyl (C=O) groups is 1. The fourth-order valence-electron chi connectivity index (χ4n) is 3.33. The summed E-state index contributed by atoms with van der Waals surface area (Å²) in [5.74, 6) is 0.229. The maximum atomic E-state index is 11.9. The zero-order chi connectivity index (χ0) is 16.6. The van der Waals surface area contributed by atoms with Gasteiger partial charge in [0.25, 0.3) is 0 Å². The first-order chi connectivity index (χ1) is 11.3. The highest BCUT2D eigenvalue weighted by Crippen LogP contribution is 2.12. The Morgan fingerprint density at radius 1 is 0.783 bits per heavy atom. The minimum atomic E-state index is 0.229. The molecule has 1 rings (SSSR count). The van der Waals surface area contributed by atoms with E-state index in [9.17, 15) is 4.79 Å². The molecule has 1 heterocycles. The van der Waals surface area contributed by atoms with E-state index in [4.69, 9.17) is 0 Å². The van der Waals surface area contributed by atoms with Gasteiger partial charge in [-0.25, -0.2) is 0 Å². The first-order valence-electron chi connectivity index (χ1n) is 10.3. The molecule has 1 fully saturated rings. The zero-order valence-electron chi connectivity index (χ0n) is 15.5. The Morgan fingerprint density at radius 3 is 1.87 bits per heavy atom. The van der Waals surface area contributed by atoms with Gasteiger partial charge in [-0.05, 0) is 38.2 Å². The molecule has 1 aliphatic rings. The van der Waals surface area contributed by atoms with Crippen LogP contribution >= 0.6 is 0 Å². The van der Waals surface area contributed by atoms with Crippen molar-refractivity contribution in [2.45, 2.75) is 103 Å². The second kappa shape index (κ2) is 14.8. The summed E-state index contributed by atoms with van der Waals surface area (Å²) in [7, 11) is 0. The van der Waals surface area contributed by atoms with Crippen LogP contribution in [-0.2, 0) is 4.79 Å². The number of rotatable bonds is 13. The van der Waals surface area contributed by atoms with Crippen molar-refractivity contribution in [3.63, 3.8) is 0 Å². The molecular weight excluding hydrogens is 282 g/mol. The van der Waals surface area contributed by atoms with Crippen molar-refractivity contribution < 1.29 is 4.79 Å². The van der Waals surface area contributed by atoms with Gasteiger partial charge in [-0.15, -0.1) is 0 Å². The molecular formula is C21H39NO. The Labute approximate surface area is 144 Å². The molecule has 0 aromatic carbocycles. The van der Waals surface area contributed by atoms with Gasteiger partial charge in [0.1, 0.15) is 0 Å². The normalized spacial score (nSPS) is 15.4. The second-order valence-electron chi connectivity index (χ2n) is 7.11. The highest BCUT2D eigenvalue weighted by molar-refractivity contribution is 5.87. The van der Waals surface area contributed by atoms with Gasteiger partial charge < -0.3 is 4.90 Å². The molecule has 2 heteroatoms. The summed E-state index contributed by atoms with van der Waals surface area (Å²) in [6.07, 6.45) is 23.8. The van der Waals surface area contributed by atoms with Crippen LogP contribution < -0.4 is 0 Å². The van der Waals surface area contributed by atoms with E-state index < -0.39 is 0 Å². The predicted molar refractivity (Wildman–Crippen MR) is 101 cm³/mol. The van der Waals surface area contributed by atoms with Crippen LogP contribution in [0.4, 0.5) is 0 Å². The van der Waals surface area contributed by atoms with Crippen molar-refractivity contribution in [1.82, 2.24) is 4.90 Å². The maximum Gasteiger partial charge on any atom is 0.246 e. The van der Waals surface area contributed by atoms with E-state index in [1.807, 2.05) is 11.0 Å². The van der Waals surface area contributed by atoms with Gasteiger partial charge in [-0.1, -0.05) is 77.2 Å². The van der Waals surface area contributed by atoms with Crippen LogP contribution in [0.3, 0.4) is 0 Å². The molecule has 0 radical (unpaired) electrons. The third-order valence-electron chi connectivity index (χ3n) is 4.90. The Bertz CT molecular complexity index is 305. The van der Waals surface area contributed by atoms with Crippen LogP contribution in [-0.4, -0.2) is 23.9 Å². The number of amides is 1. The van der Waals surface area contributed by atoms with Crippen LogP contribution in [0.15, 0.2) is 12.2 Å². The van der Waals surface area contributed by atoms with E-state index in [0.717, 1.165) is 19.5 Å². The minimum absolute atomic E-state index is 0.229. The van der Waals surface area contributed by atoms with Crippen molar-refractivity contribution in [3.8, 4) is 0 Å². The summed E-state index contributed by atoms with van der Waals surface area (Å²) >= 11 is 0. The quantitative estimate of drug-likeness (QED) is 0.290. The lowest BCUT2D eigenvalue weighted by Gasteiger charge is -2.25. The highest BCUT2D eigenvalue weighted by atomic mass is 16.2. The zero-order valence-corrected chi connectivity index (χ0v) is 15.5. The molecule has 1 saturated heterocycles. The van der Waals surface area contributed by atoms with Gasteiger partial charge in [-0.2, -0.15) is 0 Å². The fraction of sp³-hybridized carbons (Fsp3) is 0.857. The number of likely N-dealkylation sites (tertiary alicyclic amines) is 1. The van der Waals surface area contributed by atoms with Gasteiger partial charge in [0, 0.05) is 13.1 Å². The molecule has 0 aromatic heterocycles. The summed E-state index contributed by atoms with van der Waals surface area (Å²) in [4.78, 5) is 13.9. The lowest BCUT2D eigenvalue weighted by atomic mass is 10.1. The van der Waals surface area contributed by atoms with Gasteiger partial charge in [0.05, 0.1) is 0 Å². The second-order valence-corrected chi connectivity index (χ2v) is 7.11. The standard InChI is InChI=1S/C21H39NO/c1-2-3-4-5-6-7-8-9-10-11-12-13-15-18-21(23)22-19-16-14-17-20-22/h15,18H,2-14,16-17,19-20H2,1H3/b18-15+. The molecule has 134 valence electrons. The number of nitrogens with zero attached hydrogens (tertiary/aromatic N) is 1. The van der Waals surface area contributed by atoms with E-state index in [2.05, 4.69) is 13.0 Å². The maximum absolute atomic E-state index is 11.9. The van der Waals surface area contributed by atoms with Crippen LogP contribution in [0.2, 0.25) is 0 Å². The Kier molecular flexibility index (Phi) is 13.0. The van der Waals surface area contributed by atoms with Gasteiger partial charge in [0.15, 0.2) is 0 Å². The molecule has 0 aromatic rings. The fourth-order valence-corrected chi connectivity index (χ4v) is 3.33. The summed E-state index contributed by atoms with van der Waals surface area (Å²) in [6.45, 7) is 4.20. The van der Waals surface area contributed by atoms with Crippen LogP contribution in [0.5, 0.6) is 0 Å². The first kappa shape index (κ1) is 20.3. The average molecular weight is 322 g/mol. The number of hydrogen-bond donors (Lipinski definition) is 0. The number of piperidine rings is 1. The molecule has 23 heavy (non-hydrogen) atoms. The van der Waals surface area contributed by atoms with Crippen molar-refractivity contribution in [2.75, 3.05) is 13.1 Å². The van der Waals surface area contributed by atoms with E-state index >= 15 is 0 Å². The Balaban J connectivity index is 1.83. The van der Waals surface area contributed by atoms with Crippen LogP contribution in [0.1, 0.15) is 103 Å². The molecule has 0 bridgehead atoms. The number of hydrogen-bond acceptors (Lipinski definition) is 1. The summed E-state index contributed by atoms with van der Waals surface area (Å²) < 4.78 is 0. The van der Waals surface area contributed by atoms with Gasteiger partial charge in [0.2, 0.25) is 5.91 Å². The Hall–Kier alpha value is -0.790. The third-order valence-corrected chi connectivity index (χ3v) is 4.90. The predicted octanol–water partition coefficient (Wildman–Crippen LogP) is 6.26. The molecule has 0 aliphatic carbocycles. The molecule has 0 N–H and O–H groups in total. The van der Waals surface area contributed by atoms with Crippen LogP contribution in [0.25, 0.3) is 0 Å². The van der Waals surface area contributed by atoms with Crippen molar-refractivity contribution in [3.05, 3.63) is 12.2 Å². The van der Waals surface area contributed by atoms with E-state index in [-0.39, 0.29) is 5.91 Å². The molecule has 0 saturated carbocycles. The van der Waals surface area contributed by atoms with Crippen molar-refractivity contribution in [1.29, 1.82) is 0 Å². The van der Waals surface area contributed by atoms with Crippen molar-refractivity contribution >= 4 is 5.91 Å². The number of unbranched alkanes of at least 4 members (excludes halogenated alkanes) is 11. The number of allylic oxidation sites excluding steroid dienone is 1. The molecule has 0 atom stereocenters. The monoisotopic (exact) mass is 321 g/mol. The van der Waals surface area contributed by atoms with E-state index in [1.54, 1.807) is 0 Å². The topological polar surface area (TPSA) is 20.3 Å². The molecule has 2 nitrogen and oxygen atoms in total. The van der Waals surface area contributed by atoms with E-state index in [1.165, 1.54) is 89.9 Å². The smallest absolute Gasteiger partial charge is 0.246 e. The minimum Gasteiger partial charge on any atom is -0.339 e. The summed E-state index contributed by atoms with van der Waals surface area (Å²) in [5.41, 5.74) is 0. The number of carbonyl (C=O) groups excluding carboxylic acids is 1. The lowest BCUT2D eigenvalue weighted by molar-refractivity contribution is -0.126. The van der Waals surface area contributed by atoms with Crippen molar-refractivity contribution in [2.24, 2.45) is 0 Å². The highest BCUT2D eigenvalue weighted by Gasteiger charge is 2.13. The summed E-state index contributed by atoms with van der Waals surface area (Å²) in [6, 6.07) is 0. The average Bonchev–Trinajstić information content (AvgIpc) is 2.59. The van der Waals surface area contributed by atoms with Gasteiger partial charge >= 0.3 is 0 Å². The van der Waals surface area contributed by atoms with E-state index in [0.29, 0.717) is 0 Å². The SMILES string of the molecule is CCCCCCCCCCCCC/C=C/C(=O)N1CCCCC1. The molecule has 0 spiro atoms. The van der Waals surface area contributed by atoms with Gasteiger partial charge in [-0.3, -0.25) is 4.79 Å². The molecule has 0 unspecified atom stereocenters. The lowest BCUT2D eigenvalue weighted by Crippen LogP contribution is -2.34. The Morgan fingerprint density at radius 2 is 1.30 bits per heavy atom. The first-order valence-corrected chi connectivity index (χ1v) is 10.3. The molecule has 1 aliphatic heterocycles. The van der Waals surface area contributed by atoms with Crippen LogP contribution in [0, 0.1) is 0 Å². The molecule has 1 amide bonds. The largest absolute Gasteiger partial charge is 0.339 e.